The van der Waals surface area contributed by atoms with E-state index in [0.717, 1.165) is 10.0 Å². The second-order valence-corrected chi connectivity index (χ2v) is 6.21. The second-order valence-electron chi connectivity index (χ2n) is 5.11. The van der Waals surface area contributed by atoms with Crippen LogP contribution in [-0.2, 0) is 6.54 Å². The van der Waals surface area contributed by atoms with Gasteiger partial charge in [0.15, 0.2) is 0 Å². The van der Waals surface area contributed by atoms with Crippen molar-refractivity contribution in [2.75, 3.05) is 0 Å². The van der Waals surface area contributed by atoms with E-state index in [-0.39, 0.29) is 0 Å². The molecule has 0 bridgehead atoms. The summed E-state index contributed by atoms with van der Waals surface area (Å²) in [6, 6.07) is 0. The average Bonchev–Trinajstić information content (AvgIpc) is 2.51. The molecule has 0 saturated heterocycles. The zero-order valence-corrected chi connectivity index (χ0v) is 9.98. The van der Waals surface area contributed by atoms with Crippen LogP contribution < -0.4 is 5.73 Å². The van der Waals surface area contributed by atoms with Gasteiger partial charge in [-0.3, -0.25) is 0 Å². The molecule has 3 nitrogen and oxygen atoms in total. The Hall–Kier alpha value is -0.480. The summed E-state index contributed by atoms with van der Waals surface area (Å²) in [5.41, 5.74) is 6.22. The molecular formula is C10H17N3S. The lowest BCUT2D eigenvalue weighted by Crippen LogP contribution is -1.95. The Morgan fingerprint density at radius 2 is 1.79 bits per heavy atom. The van der Waals surface area contributed by atoms with Crippen molar-refractivity contribution in [2.45, 2.75) is 40.2 Å². The lowest BCUT2D eigenvalue weighted by Gasteiger charge is -2.03. The molecule has 0 aromatic carbocycles. The predicted octanol–water partition coefficient (Wildman–Crippen LogP) is 2.15. The Balaban J connectivity index is 2.27. The normalized spacial score (nSPS) is 23.8. The van der Waals surface area contributed by atoms with Crippen LogP contribution in [0.5, 0.6) is 0 Å². The monoisotopic (exact) mass is 211 g/mol. The Kier molecular flexibility index (Phi) is 1.98. The van der Waals surface area contributed by atoms with Gasteiger partial charge in [-0.25, -0.2) is 0 Å². The first-order valence-corrected chi connectivity index (χ1v) is 5.75. The van der Waals surface area contributed by atoms with Gasteiger partial charge in [-0.05, 0) is 10.8 Å². The van der Waals surface area contributed by atoms with Crippen molar-refractivity contribution in [1.82, 2.24) is 10.2 Å². The smallest absolute Gasteiger partial charge is 0.131 e. The molecule has 14 heavy (non-hydrogen) atoms. The standard InChI is InChI=1S/C10H17N3S/c1-9(2)7(10(9,3)4)8-13-12-6(5-11)14-8/h7H,5,11H2,1-4H3. The molecule has 0 radical (unpaired) electrons. The van der Waals surface area contributed by atoms with E-state index < -0.39 is 0 Å². The van der Waals surface area contributed by atoms with Crippen molar-refractivity contribution >= 4 is 11.3 Å². The minimum Gasteiger partial charge on any atom is -0.324 e. The van der Waals surface area contributed by atoms with E-state index >= 15 is 0 Å². The molecule has 1 fully saturated rings. The van der Waals surface area contributed by atoms with Crippen LogP contribution in [0.3, 0.4) is 0 Å². The molecular weight excluding hydrogens is 194 g/mol. The van der Waals surface area contributed by atoms with Crippen molar-refractivity contribution in [3.05, 3.63) is 10.0 Å². The number of nitrogens with zero attached hydrogens (tertiary/aromatic N) is 2. The first kappa shape index (κ1) is 10.1. The summed E-state index contributed by atoms with van der Waals surface area (Å²) in [6.45, 7) is 9.68. The lowest BCUT2D eigenvalue weighted by molar-refractivity contribution is 0.457. The third kappa shape index (κ3) is 1.13. The van der Waals surface area contributed by atoms with Crippen molar-refractivity contribution in [3.8, 4) is 0 Å². The minimum absolute atomic E-state index is 0.346. The van der Waals surface area contributed by atoms with Gasteiger partial charge in [0.25, 0.3) is 0 Å². The average molecular weight is 211 g/mol. The van der Waals surface area contributed by atoms with Crippen LogP contribution >= 0.6 is 11.3 Å². The lowest BCUT2D eigenvalue weighted by atomic mass is 10.0. The molecule has 1 saturated carbocycles. The third-order valence-electron chi connectivity index (χ3n) is 3.92. The molecule has 2 rings (SSSR count). The largest absolute Gasteiger partial charge is 0.324 e. The van der Waals surface area contributed by atoms with Gasteiger partial charge in [-0.15, -0.1) is 10.2 Å². The molecule has 0 atom stereocenters. The van der Waals surface area contributed by atoms with E-state index in [2.05, 4.69) is 37.9 Å². The molecule has 1 heterocycles. The first-order chi connectivity index (χ1) is 6.41. The summed E-state index contributed by atoms with van der Waals surface area (Å²) in [6.07, 6.45) is 0. The Labute approximate surface area is 88.7 Å². The SMILES string of the molecule is CC1(C)C(c2nnc(CN)s2)C1(C)C. The van der Waals surface area contributed by atoms with Gasteiger partial charge in [-0.1, -0.05) is 39.0 Å². The highest BCUT2D eigenvalue weighted by atomic mass is 32.1. The highest BCUT2D eigenvalue weighted by Crippen LogP contribution is 2.73. The molecule has 1 aliphatic rings. The summed E-state index contributed by atoms with van der Waals surface area (Å²) < 4.78 is 0. The van der Waals surface area contributed by atoms with E-state index in [0.29, 0.717) is 23.3 Å². The van der Waals surface area contributed by atoms with E-state index in [1.165, 1.54) is 0 Å². The summed E-state index contributed by atoms with van der Waals surface area (Å²) in [5.74, 6) is 0.549. The zero-order valence-electron chi connectivity index (χ0n) is 9.16. The molecule has 4 heteroatoms. The second kappa shape index (κ2) is 2.76. The van der Waals surface area contributed by atoms with Crippen LogP contribution in [0.1, 0.15) is 43.6 Å². The highest BCUT2D eigenvalue weighted by molar-refractivity contribution is 7.11. The Morgan fingerprint density at radius 3 is 2.14 bits per heavy atom. The summed E-state index contributed by atoms with van der Waals surface area (Å²) >= 11 is 1.66. The number of hydrogen-bond acceptors (Lipinski definition) is 4. The number of nitrogens with two attached hydrogens (primary N) is 1. The third-order valence-corrected chi connectivity index (χ3v) is 4.94. The fourth-order valence-electron chi connectivity index (χ4n) is 2.28. The van der Waals surface area contributed by atoms with E-state index in [4.69, 9.17) is 5.73 Å². The molecule has 0 aliphatic heterocycles. The van der Waals surface area contributed by atoms with E-state index in [1.807, 2.05) is 0 Å². The minimum atomic E-state index is 0.346. The summed E-state index contributed by atoms with van der Waals surface area (Å²) in [5, 5.41) is 10.4. The van der Waals surface area contributed by atoms with Crippen molar-refractivity contribution < 1.29 is 0 Å². The summed E-state index contributed by atoms with van der Waals surface area (Å²) in [4.78, 5) is 0. The Bertz CT molecular complexity index is 340. The molecule has 0 amide bonds. The number of aromatic nitrogens is 2. The van der Waals surface area contributed by atoms with Gasteiger partial charge in [0.1, 0.15) is 10.0 Å². The molecule has 78 valence electrons. The van der Waals surface area contributed by atoms with Crippen molar-refractivity contribution in [1.29, 1.82) is 0 Å². The van der Waals surface area contributed by atoms with Crippen LogP contribution in [0.4, 0.5) is 0 Å². The zero-order chi connectivity index (χ0) is 10.6. The fraction of sp³-hybridized carbons (Fsp3) is 0.800. The molecule has 1 aliphatic carbocycles. The van der Waals surface area contributed by atoms with Gasteiger partial charge in [0, 0.05) is 12.5 Å². The van der Waals surface area contributed by atoms with E-state index in [1.54, 1.807) is 11.3 Å². The molecule has 0 spiro atoms. The number of hydrogen-bond donors (Lipinski definition) is 1. The molecule has 1 aromatic rings. The van der Waals surface area contributed by atoms with Gasteiger partial charge in [0.2, 0.25) is 0 Å². The van der Waals surface area contributed by atoms with Gasteiger partial charge in [0.05, 0.1) is 0 Å². The maximum absolute atomic E-state index is 5.53. The van der Waals surface area contributed by atoms with Crippen molar-refractivity contribution in [3.63, 3.8) is 0 Å². The van der Waals surface area contributed by atoms with Gasteiger partial charge < -0.3 is 5.73 Å². The maximum Gasteiger partial charge on any atom is 0.131 e. The highest BCUT2D eigenvalue weighted by Gasteiger charge is 2.66. The quantitative estimate of drug-likeness (QED) is 0.815. The van der Waals surface area contributed by atoms with Crippen LogP contribution in [0.25, 0.3) is 0 Å². The number of rotatable bonds is 2. The molecule has 0 unspecified atom stereocenters. The predicted molar refractivity (Wildman–Crippen MR) is 58.1 cm³/mol. The van der Waals surface area contributed by atoms with Crippen LogP contribution in [0.15, 0.2) is 0 Å². The van der Waals surface area contributed by atoms with Crippen LogP contribution in [-0.4, -0.2) is 10.2 Å². The maximum atomic E-state index is 5.53. The van der Waals surface area contributed by atoms with Gasteiger partial charge >= 0.3 is 0 Å². The molecule has 1 aromatic heterocycles. The van der Waals surface area contributed by atoms with Crippen molar-refractivity contribution in [2.24, 2.45) is 16.6 Å². The topological polar surface area (TPSA) is 51.8 Å². The Morgan fingerprint density at radius 1 is 1.21 bits per heavy atom. The van der Waals surface area contributed by atoms with Crippen LogP contribution in [0.2, 0.25) is 0 Å². The van der Waals surface area contributed by atoms with Gasteiger partial charge in [-0.2, -0.15) is 0 Å². The van der Waals surface area contributed by atoms with Crippen LogP contribution in [0, 0.1) is 10.8 Å². The molecule has 2 N–H and O–H groups in total. The van der Waals surface area contributed by atoms with E-state index in [9.17, 15) is 0 Å². The fourth-order valence-corrected chi connectivity index (χ4v) is 3.47. The first-order valence-electron chi connectivity index (χ1n) is 4.93. The summed E-state index contributed by atoms with van der Waals surface area (Å²) in [7, 11) is 0.